The Morgan fingerprint density at radius 2 is 1.67 bits per heavy atom. The van der Waals surface area contributed by atoms with E-state index in [-0.39, 0.29) is 6.03 Å². The monoisotopic (exact) mass is 422 g/mol. The highest BCUT2D eigenvalue weighted by Gasteiger charge is 2.51. The Balaban J connectivity index is 1.68. The third-order valence-corrected chi connectivity index (χ3v) is 5.93. The summed E-state index contributed by atoms with van der Waals surface area (Å²) >= 11 is 5.91. The second kappa shape index (κ2) is 7.54. The van der Waals surface area contributed by atoms with Crippen molar-refractivity contribution < 1.29 is 9.59 Å². The molecule has 0 aromatic heterocycles. The smallest absolute Gasteiger partial charge is 0.318 e. The van der Waals surface area contributed by atoms with E-state index in [9.17, 15) is 9.59 Å². The topological polar surface area (TPSA) is 64.7 Å². The van der Waals surface area contributed by atoms with Crippen molar-refractivity contribution in [3.8, 4) is 0 Å². The Bertz CT molecular complexity index is 1110. The summed E-state index contributed by atoms with van der Waals surface area (Å²) in [6.45, 7) is 3.87. The largest absolute Gasteiger partial charge is 0.326 e. The summed E-state index contributed by atoms with van der Waals surface area (Å²) in [5.74, 6) is 0. The molecule has 0 aliphatic carbocycles. The van der Waals surface area contributed by atoms with Crippen molar-refractivity contribution in [3.05, 3.63) is 71.8 Å². The molecule has 0 saturated carbocycles. The van der Waals surface area contributed by atoms with Crippen LogP contribution >= 0.6 is 11.6 Å². The highest BCUT2D eigenvalue weighted by atomic mass is 35.5. The summed E-state index contributed by atoms with van der Waals surface area (Å²) in [5.41, 5.74) is 0.738. The van der Waals surface area contributed by atoms with Crippen LogP contribution in [0.25, 0.3) is 10.8 Å². The number of carbonyl (C=O) groups excluding carboxylic acids is 2. The summed E-state index contributed by atoms with van der Waals surface area (Å²) in [6, 6.07) is 20.0. The van der Waals surface area contributed by atoms with Gasteiger partial charge < -0.3 is 15.5 Å². The van der Waals surface area contributed by atoms with Crippen LogP contribution in [0.15, 0.2) is 66.7 Å². The van der Waals surface area contributed by atoms with Gasteiger partial charge in [0.25, 0.3) is 0 Å². The average Bonchev–Trinajstić information content (AvgIpc) is 2.89. The lowest BCUT2D eigenvalue weighted by atomic mass is 10.00. The minimum absolute atomic E-state index is 0.173. The van der Waals surface area contributed by atoms with E-state index in [4.69, 9.17) is 11.6 Å². The van der Waals surface area contributed by atoms with Crippen molar-refractivity contribution in [1.29, 1.82) is 0 Å². The fourth-order valence-electron chi connectivity index (χ4n) is 3.74. The molecule has 0 spiro atoms. The molecule has 1 aliphatic rings. The molecule has 2 N–H and O–H groups in total. The zero-order chi connectivity index (χ0) is 21.5. The number of amides is 4. The van der Waals surface area contributed by atoms with Crippen LogP contribution in [-0.2, 0) is 0 Å². The van der Waals surface area contributed by atoms with Crippen molar-refractivity contribution in [2.24, 2.45) is 0 Å². The van der Waals surface area contributed by atoms with E-state index in [2.05, 4.69) is 10.6 Å². The molecule has 7 heteroatoms. The van der Waals surface area contributed by atoms with Gasteiger partial charge in [-0.05, 0) is 49.6 Å². The Morgan fingerprint density at radius 1 is 1.00 bits per heavy atom. The van der Waals surface area contributed by atoms with E-state index < -0.39 is 17.7 Å². The summed E-state index contributed by atoms with van der Waals surface area (Å²) < 4.78 is 0. The van der Waals surface area contributed by atoms with Gasteiger partial charge in [-0.2, -0.15) is 0 Å². The van der Waals surface area contributed by atoms with Crippen LogP contribution in [0, 0.1) is 0 Å². The minimum atomic E-state index is -0.634. The molecule has 4 amide bonds. The third kappa shape index (κ3) is 3.44. The van der Waals surface area contributed by atoms with Crippen LogP contribution in [0.3, 0.4) is 0 Å². The van der Waals surface area contributed by atoms with Crippen LogP contribution in [0.2, 0.25) is 5.02 Å². The Morgan fingerprint density at radius 3 is 2.40 bits per heavy atom. The van der Waals surface area contributed by atoms with Gasteiger partial charge in [0, 0.05) is 23.1 Å². The van der Waals surface area contributed by atoms with E-state index in [1.165, 1.54) is 0 Å². The molecule has 30 heavy (non-hydrogen) atoms. The van der Waals surface area contributed by atoms with Gasteiger partial charge in [0.1, 0.15) is 6.17 Å². The second-order valence-electron chi connectivity index (χ2n) is 7.87. The summed E-state index contributed by atoms with van der Waals surface area (Å²) in [6.07, 6.45) is -0.576. The van der Waals surface area contributed by atoms with E-state index in [0.29, 0.717) is 10.7 Å². The first-order chi connectivity index (χ1) is 14.3. The van der Waals surface area contributed by atoms with E-state index in [1.54, 1.807) is 41.1 Å². The summed E-state index contributed by atoms with van der Waals surface area (Å²) in [7, 11) is 1.75. The van der Waals surface area contributed by atoms with Crippen molar-refractivity contribution in [2.75, 3.05) is 17.3 Å². The lowest BCUT2D eigenvalue weighted by Gasteiger charge is -2.34. The van der Waals surface area contributed by atoms with Gasteiger partial charge in [-0.15, -0.1) is 0 Å². The standard InChI is InChI=1S/C23H23ClN4O2/c1-23(2)20(26-21(29)25-17-13-11-16(24)12-14-17)28(22(30)27(23)3)19-10-6-8-15-7-4-5-9-18(15)19/h4-14,20H,1-3H3,(H2,25,26,29)/t20-/m0/s1. The molecule has 3 aromatic carbocycles. The number of anilines is 2. The first kappa shape index (κ1) is 20.0. The summed E-state index contributed by atoms with van der Waals surface area (Å²) in [4.78, 5) is 29.3. The van der Waals surface area contributed by atoms with E-state index in [0.717, 1.165) is 16.5 Å². The molecule has 154 valence electrons. The highest BCUT2D eigenvalue weighted by molar-refractivity contribution is 6.30. The molecule has 0 unspecified atom stereocenters. The van der Waals surface area contributed by atoms with Gasteiger partial charge in [0.2, 0.25) is 0 Å². The normalized spacial score (nSPS) is 18.0. The molecule has 1 fully saturated rings. The molecule has 0 radical (unpaired) electrons. The number of likely N-dealkylation sites (N-methyl/N-ethyl adjacent to an activating group) is 1. The maximum Gasteiger partial charge on any atom is 0.326 e. The third-order valence-electron chi connectivity index (χ3n) is 5.68. The maximum absolute atomic E-state index is 13.2. The number of nitrogens with one attached hydrogen (secondary N) is 2. The minimum Gasteiger partial charge on any atom is -0.318 e. The Labute approximate surface area is 180 Å². The Hall–Kier alpha value is -3.25. The van der Waals surface area contributed by atoms with Gasteiger partial charge >= 0.3 is 12.1 Å². The van der Waals surface area contributed by atoms with E-state index >= 15 is 0 Å². The molecule has 1 aliphatic heterocycles. The van der Waals surface area contributed by atoms with Crippen molar-refractivity contribution in [1.82, 2.24) is 10.2 Å². The zero-order valence-electron chi connectivity index (χ0n) is 17.0. The first-order valence-electron chi connectivity index (χ1n) is 9.67. The quantitative estimate of drug-likeness (QED) is 0.602. The number of hydrogen-bond acceptors (Lipinski definition) is 2. The molecule has 1 heterocycles. The fourth-order valence-corrected chi connectivity index (χ4v) is 3.87. The molecule has 0 bridgehead atoms. The van der Waals surface area contributed by atoms with Gasteiger partial charge in [0.15, 0.2) is 0 Å². The number of fused-ring (bicyclic) bond motifs is 1. The molecular formula is C23H23ClN4O2. The predicted octanol–water partition coefficient (Wildman–Crippen LogP) is 5.29. The van der Waals surface area contributed by atoms with Crippen molar-refractivity contribution >= 4 is 45.8 Å². The first-order valence-corrected chi connectivity index (χ1v) is 10.0. The highest BCUT2D eigenvalue weighted by Crippen LogP contribution is 2.37. The van der Waals surface area contributed by atoms with Gasteiger partial charge in [-0.1, -0.05) is 48.0 Å². The van der Waals surface area contributed by atoms with E-state index in [1.807, 2.05) is 56.3 Å². The molecule has 3 aromatic rings. The number of urea groups is 2. The van der Waals surface area contributed by atoms with Crippen LogP contribution in [0.5, 0.6) is 0 Å². The molecule has 6 nitrogen and oxygen atoms in total. The lowest BCUT2D eigenvalue weighted by Crippen LogP contribution is -2.56. The molecule has 4 rings (SSSR count). The van der Waals surface area contributed by atoms with Crippen LogP contribution in [0.1, 0.15) is 13.8 Å². The number of nitrogens with zero attached hydrogens (tertiary/aromatic N) is 2. The second-order valence-corrected chi connectivity index (χ2v) is 8.31. The number of hydrogen-bond donors (Lipinski definition) is 2. The lowest BCUT2D eigenvalue weighted by molar-refractivity contribution is 0.180. The van der Waals surface area contributed by atoms with Crippen molar-refractivity contribution in [3.63, 3.8) is 0 Å². The molecule has 1 saturated heterocycles. The van der Waals surface area contributed by atoms with Gasteiger partial charge in [-0.25, -0.2) is 9.59 Å². The van der Waals surface area contributed by atoms with Crippen LogP contribution in [0.4, 0.5) is 21.0 Å². The fraction of sp³-hybridized carbons (Fsp3) is 0.217. The average molecular weight is 423 g/mol. The molecule has 1 atom stereocenters. The number of carbonyl (C=O) groups is 2. The zero-order valence-corrected chi connectivity index (χ0v) is 17.8. The number of rotatable bonds is 3. The summed E-state index contributed by atoms with van der Waals surface area (Å²) in [5, 5.41) is 8.36. The SMILES string of the molecule is CN1C(=O)N(c2cccc3ccccc23)[C@H](NC(=O)Nc2ccc(Cl)cc2)C1(C)C. The van der Waals surface area contributed by atoms with Crippen LogP contribution in [-0.4, -0.2) is 35.7 Å². The van der Waals surface area contributed by atoms with Crippen molar-refractivity contribution in [2.45, 2.75) is 25.6 Å². The maximum atomic E-state index is 13.2. The van der Waals surface area contributed by atoms with Crippen LogP contribution < -0.4 is 15.5 Å². The molecular weight excluding hydrogens is 400 g/mol. The predicted molar refractivity (Wildman–Crippen MR) is 121 cm³/mol. The Kier molecular flexibility index (Phi) is 5.03. The van der Waals surface area contributed by atoms with Gasteiger partial charge in [-0.3, -0.25) is 4.90 Å². The number of halogens is 1. The van der Waals surface area contributed by atoms with Gasteiger partial charge in [0.05, 0.1) is 11.2 Å². The number of benzene rings is 3.